The lowest BCUT2D eigenvalue weighted by Crippen LogP contribution is -2.29. The predicted molar refractivity (Wildman–Crippen MR) is 67.0 cm³/mol. The van der Waals surface area contributed by atoms with Gasteiger partial charge in [0.1, 0.15) is 0 Å². The Balaban J connectivity index is 2.45. The highest BCUT2D eigenvalue weighted by molar-refractivity contribution is 5.88. The molecule has 0 saturated heterocycles. The summed E-state index contributed by atoms with van der Waals surface area (Å²) in [6.45, 7) is 1.94. The number of nitrogens with zero attached hydrogens (tertiary/aromatic N) is 2. The van der Waals surface area contributed by atoms with Crippen LogP contribution in [0.5, 0.6) is 0 Å². The summed E-state index contributed by atoms with van der Waals surface area (Å²) in [4.78, 5) is 27.1. The number of aromatic nitrogens is 2. The van der Waals surface area contributed by atoms with Crippen LogP contribution in [0.1, 0.15) is 61.1 Å². The molecule has 2 rings (SSSR count). The van der Waals surface area contributed by atoms with Crippen LogP contribution in [0.2, 0.25) is 0 Å². The van der Waals surface area contributed by atoms with Crippen LogP contribution >= 0.6 is 0 Å². The molecule has 0 aliphatic heterocycles. The van der Waals surface area contributed by atoms with Gasteiger partial charge in [-0.15, -0.1) is 0 Å². The normalized spacial score (nSPS) is 16.1. The van der Waals surface area contributed by atoms with E-state index < -0.39 is 5.97 Å². The summed E-state index contributed by atoms with van der Waals surface area (Å²) >= 11 is 0. The molecule has 1 aromatic rings. The smallest absolute Gasteiger partial charge is 0.348 e. The maximum atomic E-state index is 11.9. The zero-order valence-corrected chi connectivity index (χ0v) is 10.6. The molecular weight excluding hydrogens is 232 g/mol. The third-order valence-corrected chi connectivity index (χ3v) is 3.47. The molecule has 0 unspecified atom stereocenters. The lowest BCUT2D eigenvalue weighted by Gasteiger charge is -2.14. The molecule has 0 atom stereocenters. The highest BCUT2D eigenvalue weighted by Gasteiger charge is 2.21. The first kappa shape index (κ1) is 12.8. The van der Waals surface area contributed by atoms with Crippen LogP contribution in [-0.4, -0.2) is 20.6 Å². The van der Waals surface area contributed by atoms with E-state index in [-0.39, 0.29) is 17.3 Å². The quantitative estimate of drug-likeness (QED) is 0.887. The molecule has 1 heterocycles. The van der Waals surface area contributed by atoms with E-state index in [0.717, 1.165) is 32.1 Å². The fourth-order valence-electron chi connectivity index (χ4n) is 2.55. The molecule has 1 aliphatic carbocycles. The highest BCUT2D eigenvalue weighted by atomic mass is 16.4. The second-order valence-electron chi connectivity index (χ2n) is 4.78. The van der Waals surface area contributed by atoms with E-state index in [1.165, 1.54) is 10.8 Å². The van der Waals surface area contributed by atoms with Gasteiger partial charge in [0.25, 0.3) is 0 Å². The van der Waals surface area contributed by atoms with E-state index in [4.69, 9.17) is 0 Å². The van der Waals surface area contributed by atoms with Crippen molar-refractivity contribution in [3.05, 3.63) is 27.9 Å². The van der Waals surface area contributed by atoms with Gasteiger partial charge in [-0.2, -0.15) is 4.98 Å². The Labute approximate surface area is 105 Å². The van der Waals surface area contributed by atoms with E-state index in [2.05, 4.69) is 4.98 Å². The Bertz CT molecular complexity index is 501. The Morgan fingerprint density at radius 3 is 2.72 bits per heavy atom. The Morgan fingerprint density at radius 2 is 2.17 bits per heavy atom. The number of hydrogen-bond acceptors (Lipinski definition) is 3. The number of aryl methyl sites for hydroxylation is 1. The SMILES string of the molecule is CCCc1nc(=O)n(C2CCCC2)cc1C(=O)O. The number of hydrogen-bond donors (Lipinski definition) is 1. The predicted octanol–water partition coefficient (Wildman–Crippen LogP) is 2.01. The molecule has 1 aromatic heterocycles. The zero-order chi connectivity index (χ0) is 13.1. The summed E-state index contributed by atoms with van der Waals surface area (Å²) in [5.41, 5.74) is 0.267. The van der Waals surface area contributed by atoms with Gasteiger partial charge in [0.05, 0.1) is 11.3 Å². The minimum absolute atomic E-state index is 0.124. The van der Waals surface area contributed by atoms with Gasteiger partial charge in [-0.25, -0.2) is 9.59 Å². The molecule has 5 nitrogen and oxygen atoms in total. The minimum atomic E-state index is -1.00. The highest BCUT2D eigenvalue weighted by Crippen LogP contribution is 2.28. The fourth-order valence-corrected chi connectivity index (χ4v) is 2.55. The maximum Gasteiger partial charge on any atom is 0.348 e. The molecule has 0 radical (unpaired) electrons. The van der Waals surface area contributed by atoms with E-state index in [1.54, 1.807) is 0 Å². The van der Waals surface area contributed by atoms with Gasteiger partial charge < -0.3 is 5.11 Å². The van der Waals surface area contributed by atoms with Crippen LogP contribution in [0.25, 0.3) is 0 Å². The molecule has 98 valence electrons. The third-order valence-electron chi connectivity index (χ3n) is 3.47. The van der Waals surface area contributed by atoms with E-state index in [1.807, 2.05) is 6.92 Å². The molecule has 5 heteroatoms. The Morgan fingerprint density at radius 1 is 1.50 bits per heavy atom. The first-order valence-corrected chi connectivity index (χ1v) is 6.48. The van der Waals surface area contributed by atoms with Crippen LogP contribution in [0.3, 0.4) is 0 Å². The topological polar surface area (TPSA) is 72.2 Å². The van der Waals surface area contributed by atoms with E-state index >= 15 is 0 Å². The monoisotopic (exact) mass is 250 g/mol. The number of carboxylic acids is 1. The molecule has 1 fully saturated rings. The van der Waals surface area contributed by atoms with Gasteiger partial charge in [0, 0.05) is 12.2 Å². The maximum absolute atomic E-state index is 11.9. The molecule has 1 N–H and O–H groups in total. The van der Waals surface area contributed by atoms with Crippen LogP contribution in [-0.2, 0) is 6.42 Å². The molecule has 0 spiro atoms. The first-order valence-electron chi connectivity index (χ1n) is 6.48. The zero-order valence-electron chi connectivity index (χ0n) is 10.6. The molecule has 0 bridgehead atoms. The van der Waals surface area contributed by atoms with Crippen molar-refractivity contribution in [1.82, 2.24) is 9.55 Å². The van der Waals surface area contributed by atoms with E-state index in [9.17, 15) is 14.7 Å². The number of carboxylic acid groups (broad SMARTS) is 1. The van der Waals surface area contributed by atoms with Crippen molar-refractivity contribution in [3.8, 4) is 0 Å². The molecule has 1 saturated carbocycles. The van der Waals surface area contributed by atoms with Crippen molar-refractivity contribution in [2.45, 2.75) is 51.5 Å². The average molecular weight is 250 g/mol. The average Bonchev–Trinajstić information content (AvgIpc) is 2.82. The third kappa shape index (κ3) is 2.44. The van der Waals surface area contributed by atoms with Crippen molar-refractivity contribution in [2.75, 3.05) is 0 Å². The summed E-state index contributed by atoms with van der Waals surface area (Å²) in [5.74, 6) is -1.00. The molecule has 1 aliphatic rings. The Hall–Kier alpha value is -1.65. The van der Waals surface area contributed by atoms with Crippen molar-refractivity contribution >= 4 is 5.97 Å². The second-order valence-corrected chi connectivity index (χ2v) is 4.78. The van der Waals surface area contributed by atoms with Crippen molar-refractivity contribution < 1.29 is 9.90 Å². The molecule has 0 aromatic carbocycles. The lowest BCUT2D eigenvalue weighted by atomic mass is 10.1. The van der Waals surface area contributed by atoms with Gasteiger partial charge in [0.2, 0.25) is 0 Å². The van der Waals surface area contributed by atoms with Gasteiger partial charge >= 0.3 is 11.7 Å². The van der Waals surface area contributed by atoms with Crippen LogP contribution in [0.4, 0.5) is 0 Å². The number of carbonyl (C=O) groups is 1. The lowest BCUT2D eigenvalue weighted by molar-refractivity contribution is 0.0693. The summed E-state index contributed by atoms with van der Waals surface area (Å²) in [6, 6.07) is 0.124. The second kappa shape index (κ2) is 5.33. The van der Waals surface area contributed by atoms with Gasteiger partial charge in [-0.1, -0.05) is 26.2 Å². The van der Waals surface area contributed by atoms with Crippen LogP contribution < -0.4 is 5.69 Å². The first-order chi connectivity index (χ1) is 8.63. The molecule has 18 heavy (non-hydrogen) atoms. The van der Waals surface area contributed by atoms with Crippen molar-refractivity contribution in [1.29, 1.82) is 0 Å². The molecular formula is C13H18N2O3. The van der Waals surface area contributed by atoms with Crippen molar-refractivity contribution in [3.63, 3.8) is 0 Å². The summed E-state index contributed by atoms with van der Waals surface area (Å²) in [7, 11) is 0. The summed E-state index contributed by atoms with van der Waals surface area (Å²) in [5, 5.41) is 9.20. The molecule has 0 amide bonds. The standard InChI is InChI=1S/C13H18N2O3/c1-2-5-11-10(12(16)17)8-15(13(18)14-11)9-6-3-4-7-9/h8-9H,2-7H2,1H3,(H,16,17). The van der Waals surface area contributed by atoms with E-state index in [0.29, 0.717) is 12.1 Å². The van der Waals surface area contributed by atoms with Crippen LogP contribution in [0.15, 0.2) is 11.0 Å². The largest absolute Gasteiger partial charge is 0.478 e. The number of aromatic carboxylic acids is 1. The summed E-state index contributed by atoms with van der Waals surface area (Å²) < 4.78 is 1.51. The minimum Gasteiger partial charge on any atom is -0.478 e. The summed E-state index contributed by atoms with van der Waals surface area (Å²) in [6.07, 6.45) is 6.86. The Kier molecular flexibility index (Phi) is 3.79. The fraction of sp³-hybridized carbons (Fsp3) is 0.615. The van der Waals surface area contributed by atoms with Gasteiger partial charge in [-0.3, -0.25) is 4.57 Å². The number of rotatable bonds is 4. The van der Waals surface area contributed by atoms with Crippen molar-refractivity contribution in [2.24, 2.45) is 0 Å². The van der Waals surface area contributed by atoms with Gasteiger partial charge in [-0.05, 0) is 19.3 Å². The van der Waals surface area contributed by atoms with Crippen LogP contribution in [0, 0.1) is 0 Å². The van der Waals surface area contributed by atoms with Gasteiger partial charge in [0.15, 0.2) is 0 Å².